The Labute approximate surface area is 92.9 Å². The van der Waals surface area contributed by atoms with Crippen molar-refractivity contribution in [1.82, 2.24) is 14.9 Å². The van der Waals surface area contributed by atoms with Gasteiger partial charge in [0.1, 0.15) is 10.9 Å². The molecule has 0 aliphatic heterocycles. The van der Waals surface area contributed by atoms with Crippen LogP contribution in [0.1, 0.15) is 19.0 Å². The molecular weight excluding hydrogens is 234 g/mol. The van der Waals surface area contributed by atoms with Gasteiger partial charge in [-0.05, 0) is 13.3 Å². The summed E-state index contributed by atoms with van der Waals surface area (Å²) in [6.07, 6.45) is 1.32. The first-order valence-corrected chi connectivity index (χ1v) is 6.12. The Morgan fingerprint density at radius 2 is 2.31 bits per heavy atom. The average Bonchev–Trinajstić information content (AvgIpc) is 2.61. The highest BCUT2D eigenvalue weighted by Crippen LogP contribution is 2.11. The number of carboxylic acids is 1. The molecule has 0 radical (unpaired) electrons. The van der Waals surface area contributed by atoms with E-state index in [-0.39, 0.29) is 11.3 Å². The van der Waals surface area contributed by atoms with Crippen LogP contribution in [0.15, 0.2) is 11.1 Å². The van der Waals surface area contributed by atoms with Gasteiger partial charge in [0, 0.05) is 0 Å². The summed E-state index contributed by atoms with van der Waals surface area (Å²) in [5, 5.41) is 14.8. The van der Waals surface area contributed by atoms with Gasteiger partial charge < -0.3 is 5.11 Å². The molecule has 0 aliphatic rings. The van der Waals surface area contributed by atoms with E-state index in [0.717, 1.165) is 6.20 Å². The summed E-state index contributed by atoms with van der Waals surface area (Å²) in [6.45, 7) is 3.13. The number of H-pyrrole nitrogens is 1. The van der Waals surface area contributed by atoms with Crippen LogP contribution in [0.3, 0.4) is 0 Å². The number of aromatic amines is 1. The van der Waals surface area contributed by atoms with Crippen LogP contribution in [0.2, 0.25) is 0 Å². The molecule has 90 valence electrons. The van der Waals surface area contributed by atoms with Crippen molar-refractivity contribution in [2.24, 2.45) is 0 Å². The minimum atomic E-state index is -3.83. The Balaban J connectivity index is 2.97. The second-order valence-corrected chi connectivity index (χ2v) is 4.96. The summed E-state index contributed by atoms with van der Waals surface area (Å²) in [5.74, 6) is -1.20. The molecule has 16 heavy (non-hydrogen) atoms. The minimum Gasteiger partial charge on any atom is -0.480 e. The van der Waals surface area contributed by atoms with Crippen molar-refractivity contribution in [3.05, 3.63) is 11.9 Å². The van der Waals surface area contributed by atoms with Gasteiger partial charge in [0.2, 0.25) is 10.0 Å². The third-order valence-electron chi connectivity index (χ3n) is 2.08. The topological polar surface area (TPSA) is 112 Å². The standard InChI is InChI=1S/C8H13N3O4S/c1-3-6(8(12)13)11-16(14,15)7-4-9-10-5(7)2/h4,6,11H,3H2,1-2H3,(H,9,10)(H,12,13). The lowest BCUT2D eigenvalue weighted by Crippen LogP contribution is -2.40. The van der Waals surface area contributed by atoms with Gasteiger partial charge in [-0.2, -0.15) is 9.82 Å². The van der Waals surface area contributed by atoms with Crippen molar-refractivity contribution in [2.45, 2.75) is 31.2 Å². The van der Waals surface area contributed by atoms with E-state index >= 15 is 0 Å². The Bertz CT molecular complexity index is 479. The van der Waals surface area contributed by atoms with Crippen molar-refractivity contribution >= 4 is 16.0 Å². The second-order valence-electron chi connectivity index (χ2n) is 3.28. The van der Waals surface area contributed by atoms with Crippen LogP contribution >= 0.6 is 0 Å². The summed E-state index contributed by atoms with van der Waals surface area (Å²) < 4.78 is 25.6. The Hall–Kier alpha value is -1.41. The molecular formula is C8H13N3O4S. The van der Waals surface area contributed by atoms with E-state index in [9.17, 15) is 13.2 Å². The smallest absolute Gasteiger partial charge is 0.321 e. The molecule has 1 aromatic heterocycles. The summed E-state index contributed by atoms with van der Waals surface area (Å²) >= 11 is 0. The molecule has 1 atom stereocenters. The number of aliphatic carboxylic acids is 1. The largest absolute Gasteiger partial charge is 0.480 e. The van der Waals surface area contributed by atoms with E-state index in [1.54, 1.807) is 13.8 Å². The van der Waals surface area contributed by atoms with Gasteiger partial charge in [-0.25, -0.2) is 8.42 Å². The number of carbonyl (C=O) groups is 1. The Kier molecular flexibility index (Phi) is 3.66. The van der Waals surface area contributed by atoms with E-state index in [1.165, 1.54) is 0 Å². The molecule has 0 saturated carbocycles. The predicted molar refractivity (Wildman–Crippen MR) is 55.4 cm³/mol. The summed E-state index contributed by atoms with van der Waals surface area (Å²) in [6, 6.07) is -1.13. The van der Waals surface area contributed by atoms with Crippen LogP contribution in [0.4, 0.5) is 0 Å². The van der Waals surface area contributed by atoms with Gasteiger partial charge in [-0.1, -0.05) is 6.92 Å². The van der Waals surface area contributed by atoms with Crippen LogP contribution in [-0.2, 0) is 14.8 Å². The molecule has 0 spiro atoms. The molecule has 0 aromatic carbocycles. The molecule has 1 unspecified atom stereocenters. The molecule has 3 N–H and O–H groups in total. The Morgan fingerprint density at radius 3 is 2.69 bits per heavy atom. The maximum atomic E-state index is 11.8. The first kappa shape index (κ1) is 12.7. The number of aryl methyl sites for hydroxylation is 1. The molecule has 7 nitrogen and oxygen atoms in total. The molecule has 8 heteroatoms. The summed E-state index contributed by atoms with van der Waals surface area (Å²) in [5.41, 5.74) is 0.368. The number of aromatic nitrogens is 2. The zero-order valence-corrected chi connectivity index (χ0v) is 9.71. The number of carboxylic acid groups (broad SMARTS) is 1. The van der Waals surface area contributed by atoms with Crippen molar-refractivity contribution in [1.29, 1.82) is 0 Å². The first-order chi connectivity index (χ1) is 7.38. The van der Waals surface area contributed by atoms with Crippen LogP contribution < -0.4 is 4.72 Å². The molecule has 0 saturated heterocycles. The summed E-state index contributed by atoms with van der Waals surface area (Å²) in [7, 11) is -3.83. The van der Waals surface area contributed by atoms with Crippen LogP contribution in [0.25, 0.3) is 0 Å². The maximum absolute atomic E-state index is 11.8. The van der Waals surface area contributed by atoms with Gasteiger partial charge in [0.15, 0.2) is 0 Å². The van der Waals surface area contributed by atoms with Gasteiger partial charge >= 0.3 is 5.97 Å². The molecule has 0 amide bonds. The van der Waals surface area contributed by atoms with Crippen LogP contribution in [0, 0.1) is 6.92 Å². The number of nitrogens with one attached hydrogen (secondary N) is 2. The van der Waals surface area contributed by atoms with Crippen molar-refractivity contribution < 1.29 is 18.3 Å². The Morgan fingerprint density at radius 1 is 1.69 bits per heavy atom. The van der Waals surface area contributed by atoms with E-state index in [0.29, 0.717) is 5.69 Å². The highest BCUT2D eigenvalue weighted by Gasteiger charge is 2.25. The number of rotatable bonds is 5. The highest BCUT2D eigenvalue weighted by atomic mass is 32.2. The monoisotopic (exact) mass is 247 g/mol. The normalized spacial score (nSPS) is 13.6. The van der Waals surface area contributed by atoms with E-state index in [4.69, 9.17) is 5.11 Å². The SMILES string of the molecule is CCC(NS(=O)(=O)c1cn[nH]c1C)C(=O)O. The van der Waals surface area contributed by atoms with Crippen LogP contribution in [0.5, 0.6) is 0 Å². The van der Waals surface area contributed by atoms with E-state index < -0.39 is 22.0 Å². The van der Waals surface area contributed by atoms with Crippen molar-refractivity contribution in [3.63, 3.8) is 0 Å². The molecule has 1 heterocycles. The van der Waals surface area contributed by atoms with Crippen molar-refractivity contribution in [2.75, 3.05) is 0 Å². The fourth-order valence-electron chi connectivity index (χ4n) is 1.17. The molecule has 0 bridgehead atoms. The molecule has 0 aliphatic carbocycles. The quantitative estimate of drug-likeness (QED) is 0.670. The fourth-order valence-corrected chi connectivity index (χ4v) is 2.58. The zero-order valence-electron chi connectivity index (χ0n) is 8.89. The predicted octanol–water partition coefficient (Wildman–Crippen LogP) is -0.140. The lowest BCUT2D eigenvalue weighted by Gasteiger charge is -2.11. The first-order valence-electron chi connectivity index (χ1n) is 4.63. The molecule has 1 rings (SSSR count). The maximum Gasteiger partial charge on any atom is 0.321 e. The number of hydrogen-bond donors (Lipinski definition) is 3. The second kappa shape index (κ2) is 4.62. The fraction of sp³-hybridized carbons (Fsp3) is 0.500. The van der Waals surface area contributed by atoms with Gasteiger partial charge in [0.25, 0.3) is 0 Å². The van der Waals surface area contributed by atoms with Gasteiger partial charge in [0.05, 0.1) is 11.9 Å². The summed E-state index contributed by atoms with van der Waals surface area (Å²) in [4.78, 5) is 10.7. The van der Waals surface area contributed by atoms with Gasteiger partial charge in [-0.15, -0.1) is 0 Å². The van der Waals surface area contributed by atoms with E-state index in [1.807, 2.05) is 0 Å². The third kappa shape index (κ3) is 2.58. The molecule has 0 fully saturated rings. The average molecular weight is 247 g/mol. The third-order valence-corrected chi connectivity index (χ3v) is 3.66. The van der Waals surface area contributed by atoms with Gasteiger partial charge in [-0.3, -0.25) is 9.89 Å². The minimum absolute atomic E-state index is 0.0350. The number of sulfonamides is 1. The highest BCUT2D eigenvalue weighted by molar-refractivity contribution is 7.89. The van der Waals surface area contributed by atoms with Crippen molar-refractivity contribution in [3.8, 4) is 0 Å². The number of nitrogens with zero attached hydrogens (tertiary/aromatic N) is 1. The van der Waals surface area contributed by atoms with Crippen LogP contribution in [-0.4, -0.2) is 35.7 Å². The van der Waals surface area contributed by atoms with E-state index in [2.05, 4.69) is 14.9 Å². The molecule has 1 aromatic rings. The lowest BCUT2D eigenvalue weighted by molar-refractivity contribution is -0.139. The lowest BCUT2D eigenvalue weighted by atomic mass is 10.2. The zero-order chi connectivity index (χ0) is 12.3. The number of hydrogen-bond acceptors (Lipinski definition) is 4.